The Morgan fingerprint density at radius 3 is 2.63 bits per heavy atom. The van der Waals surface area contributed by atoms with Crippen LogP contribution in [0.3, 0.4) is 0 Å². The Balaban J connectivity index is 1.99. The molecule has 1 aromatic rings. The molecule has 0 aromatic heterocycles. The van der Waals surface area contributed by atoms with Crippen LogP contribution in [0.2, 0.25) is 6.32 Å². The Bertz CT molecular complexity index is 805. The molecule has 0 aliphatic carbocycles. The molecule has 1 heterocycles. The van der Waals surface area contributed by atoms with E-state index in [-0.39, 0.29) is 23.6 Å². The molecule has 1 unspecified atom stereocenters. The summed E-state index contributed by atoms with van der Waals surface area (Å²) in [5.74, 6) is -1.90. The van der Waals surface area contributed by atoms with E-state index in [1.807, 2.05) is 0 Å². The number of aromatic carboxylic acids is 1. The van der Waals surface area contributed by atoms with Crippen molar-refractivity contribution in [3.63, 3.8) is 0 Å². The van der Waals surface area contributed by atoms with E-state index in [1.54, 1.807) is 19.9 Å². The average Bonchev–Trinajstić information content (AvgIpc) is 2.70. The van der Waals surface area contributed by atoms with Crippen LogP contribution in [0.15, 0.2) is 12.1 Å². The Morgan fingerprint density at radius 2 is 2.00 bits per heavy atom. The summed E-state index contributed by atoms with van der Waals surface area (Å²) in [6, 6.07) is 1.77. The normalized spacial score (nSPS) is 15.8. The second kappa shape index (κ2) is 10.3. The second-order valence-electron chi connectivity index (χ2n) is 7.26. The van der Waals surface area contributed by atoms with E-state index in [4.69, 9.17) is 15.1 Å². The number of ether oxygens (including phenoxy) is 1. The lowest BCUT2D eigenvalue weighted by Crippen LogP contribution is -2.51. The minimum Gasteiger partial charge on any atom is -0.535 e. The van der Waals surface area contributed by atoms with E-state index in [0.29, 0.717) is 24.7 Å². The van der Waals surface area contributed by atoms with Gasteiger partial charge in [0.25, 0.3) is 0 Å². The molecule has 11 heteroatoms. The van der Waals surface area contributed by atoms with Crippen LogP contribution in [0, 0.1) is 0 Å². The van der Waals surface area contributed by atoms with Gasteiger partial charge in [-0.3, -0.25) is 9.59 Å². The summed E-state index contributed by atoms with van der Waals surface area (Å²) in [6.45, 7) is 5.05. The van der Waals surface area contributed by atoms with Gasteiger partial charge in [0.05, 0.1) is 12.6 Å². The van der Waals surface area contributed by atoms with Crippen molar-refractivity contribution in [1.29, 1.82) is 0 Å². The maximum absolute atomic E-state index is 12.2. The van der Waals surface area contributed by atoms with Gasteiger partial charge in [0.1, 0.15) is 29.2 Å². The Labute approximate surface area is 175 Å². The number of carboxylic acids is 1. The zero-order valence-corrected chi connectivity index (χ0v) is 17.3. The molecule has 3 atom stereocenters. The number of carbonyl (C=O) groups is 3. The molecular weight excluding hydrogens is 393 g/mol. The van der Waals surface area contributed by atoms with Crippen molar-refractivity contribution in [2.24, 2.45) is 5.73 Å². The number of carboxylic acid groups (broad SMARTS) is 1. The number of amides is 2. The smallest absolute Gasteiger partial charge is 0.522 e. The SMILES string of the molecule is CC[C@@H](N)C(=O)N[C@H](C)C(=O)NCC(C)Oc1ccc2c(c1C(=O)O)OB(O)CC2. The minimum absolute atomic E-state index is 0.0763. The molecule has 1 aliphatic rings. The van der Waals surface area contributed by atoms with Crippen molar-refractivity contribution in [3.05, 3.63) is 23.3 Å². The van der Waals surface area contributed by atoms with E-state index in [1.165, 1.54) is 13.0 Å². The Morgan fingerprint density at radius 1 is 1.30 bits per heavy atom. The lowest BCUT2D eigenvalue weighted by Gasteiger charge is -2.24. The first-order valence-electron chi connectivity index (χ1n) is 9.88. The number of benzene rings is 1. The molecule has 0 saturated heterocycles. The fourth-order valence-electron chi connectivity index (χ4n) is 2.94. The van der Waals surface area contributed by atoms with Crippen LogP contribution in [-0.4, -0.2) is 59.8 Å². The maximum Gasteiger partial charge on any atom is 0.522 e. The number of nitrogens with two attached hydrogens (primary N) is 1. The van der Waals surface area contributed by atoms with E-state index in [9.17, 15) is 24.5 Å². The van der Waals surface area contributed by atoms with E-state index in [2.05, 4.69) is 10.6 Å². The van der Waals surface area contributed by atoms with Crippen molar-refractivity contribution in [3.8, 4) is 11.5 Å². The molecule has 10 nitrogen and oxygen atoms in total. The standard InChI is InChI=1S/C19H28BN3O7/c1-4-13(21)18(25)23-11(3)17(24)22-9-10(2)29-14-6-5-12-7-8-20(28)30-16(12)15(14)19(26)27/h5-6,10-11,13,28H,4,7-9,21H2,1-3H3,(H,22,24)(H,23,25)(H,26,27)/t10?,11-,13-/m1/s1. The molecule has 164 valence electrons. The fraction of sp³-hybridized carbons (Fsp3) is 0.526. The summed E-state index contributed by atoms with van der Waals surface area (Å²) in [5, 5.41) is 24.5. The van der Waals surface area contributed by atoms with Gasteiger partial charge in [-0.05, 0) is 44.6 Å². The number of aryl methyl sites for hydroxylation is 1. The highest BCUT2D eigenvalue weighted by Crippen LogP contribution is 2.36. The first-order valence-corrected chi connectivity index (χ1v) is 9.88. The summed E-state index contributed by atoms with van der Waals surface area (Å²) in [6.07, 6.45) is 0.762. The summed E-state index contributed by atoms with van der Waals surface area (Å²) < 4.78 is 11.0. The van der Waals surface area contributed by atoms with Gasteiger partial charge in [-0.15, -0.1) is 0 Å². The monoisotopic (exact) mass is 421 g/mol. The second-order valence-corrected chi connectivity index (χ2v) is 7.26. The summed E-state index contributed by atoms with van der Waals surface area (Å²) in [5.41, 5.74) is 6.14. The molecule has 0 bridgehead atoms. The molecular formula is C19H28BN3O7. The third-order valence-corrected chi connectivity index (χ3v) is 4.75. The average molecular weight is 421 g/mol. The molecule has 0 fully saturated rings. The zero-order chi connectivity index (χ0) is 22.4. The third kappa shape index (κ3) is 5.86. The zero-order valence-electron chi connectivity index (χ0n) is 17.3. The van der Waals surface area contributed by atoms with E-state index >= 15 is 0 Å². The quantitative estimate of drug-likeness (QED) is 0.346. The van der Waals surface area contributed by atoms with Gasteiger partial charge in [-0.1, -0.05) is 13.0 Å². The van der Waals surface area contributed by atoms with Gasteiger partial charge in [0, 0.05) is 0 Å². The summed E-state index contributed by atoms with van der Waals surface area (Å²) in [7, 11) is -1.07. The van der Waals surface area contributed by atoms with Gasteiger partial charge in [0.2, 0.25) is 11.8 Å². The minimum atomic E-state index is -1.24. The van der Waals surface area contributed by atoms with Crippen LogP contribution in [-0.2, 0) is 16.0 Å². The molecule has 2 rings (SSSR count). The van der Waals surface area contributed by atoms with E-state index < -0.39 is 43.1 Å². The molecule has 1 aromatic carbocycles. The van der Waals surface area contributed by atoms with Gasteiger partial charge in [0.15, 0.2) is 0 Å². The molecule has 30 heavy (non-hydrogen) atoms. The summed E-state index contributed by atoms with van der Waals surface area (Å²) in [4.78, 5) is 35.7. The van der Waals surface area contributed by atoms with Gasteiger partial charge >= 0.3 is 13.1 Å². The highest BCUT2D eigenvalue weighted by Gasteiger charge is 2.30. The van der Waals surface area contributed by atoms with Crippen molar-refractivity contribution in [2.75, 3.05) is 6.54 Å². The first kappa shape index (κ1) is 23.5. The molecule has 0 spiro atoms. The highest BCUT2D eigenvalue weighted by atomic mass is 16.5. The predicted molar refractivity (Wildman–Crippen MR) is 109 cm³/mol. The largest absolute Gasteiger partial charge is 0.535 e. The topological polar surface area (TPSA) is 160 Å². The number of fused-ring (bicyclic) bond motifs is 1. The molecule has 1 aliphatic heterocycles. The van der Waals surface area contributed by atoms with Gasteiger partial charge < -0.3 is 35.9 Å². The van der Waals surface area contributed by atoms with Crippen molar-refractivity contribution >= 4 is 24.9 Å². The predicted octanol–water partition coefficient (Wildman–Crippen LogP) is -0.0743. The Hall–Kier alpha value is -2.79. The lowest BCUT2D eigenvalue weighted by atomic mass is 9.78. The van der Waals surface area contributed by atoms with Crippen LogP contribution in [0.1, 0.15) is 43.1 Å². The third-order valence-electron chi connectivity index (χ3n) is 4.75. The molecule has 2 amide bonds. The van der Waals surface area contributed by atoms with Crippen LogP contribution in [0.4, 0.5) is 0 Å². The molecule has 6 N–H and O–H groups in total. The number of nitrogens with one attached hydrogen (secondary N) is 2. The number of carbonyl (C=O) groups excluding carboxylic acids is 2. The molecule has 0 saturated carbocycles. The highest BCUT2D eigenvalue weighted by molar-refractivity contribution is 6.44. The fourth-order valence-corrected chi connectivity index (χ4v) is 2.94. The number of hydrogen-bond acceptors (Lipinski definition) is 7. The Kier molecular flexibility index (Phi) is 8.07. The van der Waals surface area contributed by atoms with Crippen molar-refractivity contribution in [2.45, 2.75) is 58.1 Å². The maximum atomic E-state index is 12.2. The van der Waals surface area contributed by atoms with Crippen LogP contribution in [0.25, 0.3) is 0 Å². The van der Waals surface area contributed by atoms with Crippen LogP contribution < -0.4 is 25.8 Å². The number of rotatable bonds is 9. The lowest BCUT2D eigenvalue weighted by molar-refractivity contribution is -0.129. The van der Waals surface area contributed by atoms with Gasteiger partial charge in [-0.2, -0.15) is 0 Å². The van der Waals surface area contributed by atoms with Crippen LogP contribution >= 0.6 is 0 Å². The van der Waals surface area contributed by atoms with Crippen LogP contribution in [0.5, 0.6) is 11.5 Å². The van der Waals surface area contributed by atoms with Crippen molar-refractivity contribution < 1.29 is 33.9 Å². The summed E-state index contributed by atoms with van der Waals surface area (Å²) >= 11 is 0. The van der Waals surface area contributed by atoms with E-state index in [0.717, 1.165) is 0 Å². The van der Waals surface area contributed by atoms with Gasteiger partial charge in [-0.25, -0.2) is 4.79 Å². The first-order chi connectivity index (χ1) is 14.1. The number of hydrogen-bond donors (Lipinski definition) is 5. The van der Waals surface area contributed by atoms with Crippen molar-refractivity contribution in [1.82, 2.24) is 10.6 Å². The molecule has 0 radical (unpaired) electrons.